The zero-order chi connectivity index (χ0) is 45.7. The van der Waals surface area contributed by atoms with Gasteiger partial charge in [-0.15, -0.1) is 0 Å². The molecule has 0 aromatic carbocycles. The van der Waals surface area contributed by atoms with Crippen molar-refractivity contribution in [2.45, 2.75) is 257 Å². The number of hydrogen-bond donors (Lipinski definition) is 3. The highest BCUT2D eigenvalue weighted by Gasteiger charge is 2.27. The molecule has 0 aliphatic heterocycles. The van der Waals surface area contributed by atoms with Gasteiger partial charge in [0.1, 0.15) is 13.2 Å². The van der Waals surface area contributed by atoms with Crippen LogP contribution in [0.4, 0.5) is 0 Å². The molecule has 0 heterocycles. The number of phosphoric acid groups is 1. The summed E-state index contributed by atoms with van der Waals surface area (Å²) in [5.41, 5.74) is 0. The molecule has 3 N–H and O–H groups in total. The minimum Gasteiger partial charge on any atom is -0.387 e. The average molecular weight is 896 g/mol. The minimum absolute atomic E-state index is 0.0544. The maximum Gasteiger partial charge on any atom is 0.472 e. The van der Waals surface area contributed by atoms with Crippen molar-refractivity contribution >= 4 is 13.7 Å². The summed E-state index contributed by atoms with van der Waals surface area (Å²) in [4.78, 5) is 23.0. The number of rotatable bonds is 48. The Morgan fingerprint density at radius 1 is 0.532 bits per heavy atom. The van der Waals surface area contributed by atoms with Crippen LogP contribution in [-0.4, -0.2) is 73.4 Å². The highest BCUT2D eigenvalue weighted by atomic mass is 31.2. The lowest BCUT2D eigenvalue weighted by molar-refractivity contribution is -0.870. The number of carbonyl (C=O) groups is 1. The smallest absolute Gasteiger partial charge is 0.387 e. The van der Waals surface area contributed by atoms with Crippen molar-refractivity contribution in [3.8, 4) is 0 Å². The predicted octanol–water partition coefficient (Wildman–Crippen LogP) is 15.4. The van der Waals surface area contributed by atoms with Crippen LogP contribution < -0.4 is 5.32 Å². The molecule has 9 heteroatoms. The molecular formula is C53H104N2O6P+. The SMILES string of the molecule is CCCCCCCCCCCCCCCCCCCCCCC/C=C/CC/C=C/CC/C=C/C(O)C(COP(=O)(O)OCC[N+](C)(C)C)NC(=O)CCCCCCCCCCC. The number of allylic oxidation sites excluding steroid dienone is 5. The third kappa shape index (κ3) is 46.7. The maximum atomic E-state index is 12.8. The van der Waals surface area contributed by atoms with Gasteiger partial charge < -0.3 is 19.8 Å². The van der Waals surface area contributed by atoms with Gasteiger partial charge in [0.25, 0.3) is 0 Å². The van der Waals surface area contributed by atoms with Crippen molar-refractivity contribution in [1.29, 1.82) is 0 Å². The first-order valence-corrected chi connectivity index (χ1v) is 27.9. The standard InChI is InChI=1S/C53H103N2O6P/c1-6-8-10-12-14-16-17-18-19-20-21-22-23-24-25-26-27-28-29-30-31-32-33-34-35-36-37-39-40-42-44-46-52(56)51(50-61-62(58,59)60-49-48-55(3,4)5)54-53(57)47-45-43-41-38-15-13-11-9-7-2/h33-34,37,39,44,46,51-52,56H,6-32,35-36,38,40-43,45,47-50H2,1-5H3,(H-,54,57,58,59)/p+1/b34-33+,39-37+,46-44+. The molecular weight excluding hydrogens is 792 g/mol. The van der Waals surface area contributed by atoms with Crippen LogP contribution in [-0.2, 0) is 18.4 Å². The van der Waals surface area contributed by atoms with Gasteiger partial charge in [-0.25, -0.2) is 4.57 Å². The maximum absolute atomic E-state index is 12.8. The van der Waals surface area contributed by atoms with Crippen LogP contribution in [0.5, 0.6) is 0 Å². The summed E-state index contributed by atoms with van der Waals surface area (Å²) in [5, 5.41) is 13.8. The number of phosphoric ester groups is 1. The first kappa shape index (κ1) is 60.7. The monoisotopic (exact) mass is 896 g/mol. The van der Waals surface area contributed by atoms with Gasteiger partial charge in [-0.3, -0.25) is 13.8 Å². The number of aliphatic hydroxyl groups is 1. The molecule has 0 aliphatic carbocycles. The van der Waals surface area contributed by atoms with Gasteiger partial charge >= 0.3 is 7.82 Å². The third-order valence-corrected chi connectivity index (χ3v) is 12.8. The molecule has 0 saturated carbocycles. The molecule has 0 aromatic heterocycles. The molecule has 0 aromatic rings. The van der Waals surface area contributed by atoms with E-state index < -0.39 is 20.0 Å². The van der Waals surface area contributed by atoms with Crippen LogP contribution >= 0.6 is 7.82 Å². The fraction of sp³-hybridized carbons (Fsp3) is 0.868. The Balaban J connectivity index is 4.12. The number of nitrogens with one attached hydrogen (secondary N) is 1. The lowest BCUT2D eigenvalue weighted by Gasteiger charge is -2.25. The minimum atomic E-state index is -4.35. The van der Waals surface area contributed by atoms with Gasteiger partial charge in [0.15, 0.2) is 0 Å². The van der Waals surface area contributed by atoms with E-state index in [0.29, 0.717) is 17.4 Å². The van der Waals surface area contributed by atoms with Crippen LogP contribution in [0.2, 0.25) is 0 Å². The molecule has 0 bridgehead atoms. The molecule has 0 fully saturated rings. The van der Waals surface area contributed by atoms with E-state index in [-0.39, 0.29) is 19.1 Å². The summed E-state index contributed by atoms with van der Waals surface area (Å²) in [6, 6.07) is -0.865. The van der Waals surface area contributed by atoms with Gasteiger partial charge in [-0.2, -0.15) is 0 Å². The number of amides is 1. The van der Waals surface area contributed by atoms with Gasteiger partial charge in [0, 0.05) is 6.42 Å². The molecule has 3 atom stereocenters. The van der Waals surface area contributed by atoms with Crippen molar-refractivity contribution in [2.24, 2.45) is 0 Å². The fourth-order valence-electron chi connectivity index (χ4n) is 7.66. The number of hydrogen-bond acceptors (Lipinski definition) is 5. The number of aliphatic hydroxyl groups excluding tert-OH is 1. The van der Waals surface area contributed by atoms with E-state index in [0.717, 1.165) is 44.9 Å². The number of likely N-dealkylation sites (N-methyl/N-ethyl adjacent to an activating group) is 1. The summed E-state index contributed by atoms with van der Waals surface area (Å²) in [7, 11) is 1.55. The molecule has 1 amide bonds. The van der Waals surface area contributed by atoms with E-state index in [1.807, 2.05) is 27.2 Å². The van der Waals surface area contributed by atoms with Gasteiger partial charge in [-0.1, -0.05) is 230 Å². The van der Waals surface area contributed by atoms with E-state index in [2.05, 4.69) is 43.5 Å². The molecule has 366 valence electrons. The van der Waals surface area contributed by atoms with Crippen LogP contribution in [0.1, 0.15) is 245 Å². The summed E-state index contributed by atoms with van der Waals surface area (Å²) in [6.07, 6.45) is 57.0. The molecule has 0 spiro atoms. The summed E-state index contributed by atoms with van der Waals surface area (Å²) < 4.78 is 23.5. The van der Waals surface area contributed by atoms with E-state index in [1.54, 1.807) is 6.08 Å². The zero-order valence-corrected chi connectivity index (χ0v) is 42.5. The first-order valence-electron chi connectivity index (χ1n) is 26.4. The number of nitrogens with zero attached hydrogens (tertiary/aromatic N) is 1. The number of carbonyl (C=O) groups excluding carboxylic acids is 1. The van der Waals surface area contributed by atoms with Crippen LogP contribution in [0, 0.1) is 0 Å². The van der Waals surface area contributed by atoms with Crippen molar-refractivity contribution in [3.63, 3.8) is 0 Å². The second-order valence-corrected chi connectivity index (χ2v) is 20.7. The zero-order valence-electron chi connectivity index (χ0n) is 41.6. The number of quaternary nitrogens is 1. The largest absolute Gasteiger partial charge is 0.472 e. The molecule has 0 rings (SSSR count). The Labute approximate surface area is 385 Å². The molecule has 0 saturated heterocycles. The molecule has 0 radical (unpaired) electrons. The van der Waals surface area contributed by atoms with Crippen molar-refractivity contribution < 1.29 is 32.9 Å². The summed E-state index contributed by atoms with van der Waals surface area (Å²) in [6.45, 7) is 4.77. The highest BCUT2D eigenvalue weighted by Crippen LogP contribution is 2.43. The average Bonchev–Trinajstić information content (AvgIpc) is 3.23. The van der Waals surface area contributed by atoms with Crippen molar-refractivity contribution in [1.82, 2.24) is 5.32 Å². The Kier molecular flexibility index (Phi) is 44.0. The topological polar surface area (TPSA) is 105 Å². The van der Waals surface area contributed by atoms with Crippen LogP contribution in [0.15, 0.2) is 36.5 Å². The molecule has 0 aliphatic rings. The third-order valence-electron chi connectivity index (χ3n) is 11.8. The number of unbranched alkanes of at least 4 members (excludes halogenated alkanes) is 31. The Hall–Kier alpha value is -1.28. The predicted molar refractivity (Wildman–Crippen MR) is 268 cm³/mol. The molecule has 62 heavy (non-hydrogen) atoms. The second-order valence-electron chi connectivity index (χ2n) is 19.2. The fourth-order valence-corrected chi connectivity index (χ4v) is 8.40. The normalized spacial score (nSPS) is 14.4. The first-order chi connectivity index (χ1) is 30.0. The van der Waals surface area contributed by atoms with Gasteiger partial charge in [0.05, 0.1) is 39.9 Å². The molecule has 8 nitrogen and oxygen atoms in total. The van der Waals surface area contributed by atoms with Crippen molar-refractivity contribution in [2.75, 3.05) is 40.9 Å². The Morgan fingerprint density at radius 3 is 1.29 bits per heavy atom. The van der Waals surface area contributed by atoms with E-state index >= 15 is 0 Å². The van der Waals surface area contributed by atoms with Crippen LogP contribution in [0.25, 0.3) is 0 Å². The second kappa shape index (κ2) is 44.9. The van der Waals surface area contributed by atoms with E-state index in [4.69, 9.17) is 9.05 Å². The highest BCUT2D eigenvalue weighted by molar-refractivity contribution is 7.47. The van der Waals surface area contributed by atoms with Gasteiger partial charge in [-0.05, 0) is 44.9 Å². The molecule has 3 unspecified atom stereocenters. The van der Waals surface area contributed by atoms with E-state index in [9.17, 15) is 19.4 Å². The lowest BCUT2D eigenvalue weighted by atomic mass is 10.0. The Bertz CT molecular complexity index is 1110. The summed E-state index contributed by atoms with van der Waals surface area (Å²) >= 11 is 0. The van der Waals surface area contributed by atoms with Crippen LogP contribution in [0.3, 0.4) is 0 Å². The van der Waals surface area contributed by atoms with Gasteiger partial charge in [0.2, 0.25) is 5.91 Å². The lowest BCUT2D eigenvalue weighted by Crippen LogP contribution is -2.45. The van der Waals surface area contributed by atoms with Crippen molar-refractivity contribution in [3.05, 3.63) is 36.5 Å². The quantitative estimate of drug-likeness (QED) is 0.0243. The summed E-state index contributed by atoms with van der Waals surface area (Å²) in [5.74, 6) is -0.194. The Morgan fingerprint density at radius 2 is 0.887 bits per heavy atom. The van der Waals surface area contributed by atoms with E-state index in [1.165, 1.54) is 180 Å².